The molecule has 0 amide bonds. The predicted octanol–water partition coefficient (Wildman–Crippen LogP) is 2.58. The molecule has 3 aromatic rings. The Balaban J connectivity index is 1.59. The SMILES string of the molecule is CC(C)(CN1CCCC1)c1nc2c(cnn2Cc2cccnc2)[nH]1. The molecule has 0 atom stereocenters. The molecule has 0 unspecified atom stereocenters. The normalized spacial score (nSPS) is 16.2. The molecule has 1 aliphatic heterocycles. The van der Waals surface area contributed by atoms with Crippen molar-refractivity contribution in [3.63, 3.8) is 0 Å². The lowest BCUT2D eigenvalue weighted by Crippen LogP contribution is -2.36. The first-order valence-corrected chi connectivity index (χ1v) is 8.65. The summed E-state index contributed by atoms with van der Waals surface area (Å²) in [7, 11) is 0. The number of pyridine rings is 1. The van der Waals surface area contributed by atoms with Crippen LogP contribution in [0.3, 0.4) is 0 Å². The molecular formula is C18H24N6. The van der Waals surface area contributed by atoms with Gasteiger partial charge in [0.05, 0.1) is 12.7 Å². The topological polar surface area (TPSA) is 62.6 Å². The van der Waals surface area contributed by atoms with Crippen LogP contribution in [0.15, 0.2) is 30.7 Å². The third kappa shape index (κ3) is 2.94. The molecule has 4 rings (SSSR count). The molecule has 0 bridgehead atoms. The Bertz CT molecular complexity index is 811. The van der Waals surface area contributed by atoms with Crippen molar-refractivity contribution in [3.05, 3.63) is 42.1 Å². The van der Waals surface area contributed by atoms with Gasteiger partial charge in [0.25, 0.3) is 0 Å². The fourth-order valence-corrected chi connectivity index (χ4v) is 3.52. The second kappa shape index (κ2) is 6.02. The summed E-state index contributed by atoms with van der Waals surface area (Å²) in [6.45, 7) is 8.67. The maximum atomic E-state index is 4.88. The zero-order valence-corrected chi connectivity index (χ0v) is 14.4. The Morgan fingerprint density at radius 2 is 2.04 bits per heavy atom. The molecule has 0 radical (unpaired) electrons. The highest BCUT2D eigenvalue weighted by Gasteiger charge is 2.29. The number of likely N-dealkylation sites (tertiary alicyclic amines) is 1. The maximum absolute atomic E-state index is 4.88. The summed E-state index contributed by atoms with van der Waals surface area (Å²) in [5, 5.41) is 4.46. The number of aromatic amines is 1. The van der Waals surface area contributed by atoms with Gasteiger partial charge < -0.3 is 9.88 Å². The Morgan fingerprint density at radius 3 is 2.79 bits per heavy atom. The number of hydrogen-bond donors (Lipinski definition) is 1. The van der Waals surface area contributed by atoms with E-state index >= 15 is 0 Å². The maximum Gasteiger partial charge on any atom is 0.176 e. The summed E-state index contributed by atoms with van der Waals surface area (Å²) in [4.78, 5) is 15.1. The third-order valence-electron chi connectivity index (χ3n) is 4.80. The molecule has 6 heteroatoms. The van der Waals surface area contributed by atoms with Crippen LogP contribution in [0.4, 0.5) is 0 Å². The van der Waals surface area contributed by atoms with Gasteiger partial charge in [-0.25, -0.2) is 9.67 Å². The van der Waals surface area contributed by atoms with E-state index in [4.69, 9.17) is 4.98 Å². The second-order valence-corrected chi connectivity index (χ2v) is 7.35. The quantitative estimate of drug-likeness (QED) is 0.783. The number of fused-ring (bicyclic) bond motifs is 1. The number of H-pyrrole nitrogens is 1. The third-order valence-corrected chi connectivity index (χ3v) is 4.80. The smallest absolute Gasteiger partial charge is 0.176 e. The van der Waals surface area contributed by atoms with Gasteiger partial charge in [-0.3, -0.25) is 4.98 Å². The van der Waals surface area contributed by atoms with Crippen LogP contribution >= 0.6 is 0 Å². The van der Waals surface area contributed by atoms with Crippen molar-refractivity contribution in [2.45, 2.75) is 38.6 Å². The van der Waals surface area contributed by atoms with Crippen molar-refractivity contribution in [3.8, 4) is 0 Å². The second-order valence-electron chi connectivity index (χ2n) is 7.35. The lowest BCUT2D eigenvalue weighted by Gasteiger charge is -2.28. The lowest BCUT2D eigenvalue weighted by atomic mass is 9.92. The number of nitrogens with one attached hydrogen (secondary N) is 1. The molecule has 0 aliphatic carbocycles. The predicted molar refractivity (Wildman–Crippen MR) is 93.9 cm³/mol. The molecule has 1 fully saturated rings. The van der Waals surface area contributed by atoms with Crippen molar-refractivity contribution >= 4 is 11.2 Å². The van der Waals surface area contributed by atoms with Crippen LogP contribution in [0, 0.1) is 0 Å². The molecular weight excluding hydrogens is 300 g/mol. The summed E-state index contributed by atoms with van der Waals surface area (Å²) in [5.41, 5.74) is 3.05. The Labute approximate surface area is 141 Å². The molecule has 1 aliphatic rings. The van der Waals surface area contributed by atoms with Gasteiger partial charge >= 0.3 is 0 Å². The molecule has 3 aromatic heterocycles. The average Bonchev–Trinajstić information content (AvgIpc) is 3.27. The van der Waals surface area contributed by atoms with E-state index in [0.717, 1.165) is 29.1 Å². The zero-order valence-electron chi connectivity index (χ0n) is 14.4. The number of hydrogen-bond acceptors (Lipinski definition) is 4. The van der Waals surface area contributed by atoms with E-state index in [-0.39, 0.29) is 5.41 Å². The van der Waals surface area contributed by atoms with Crippen molar-refractivity contribution in [2.75, 3.05) is 19.6 Å². The molecule has 24 heavy (non-hydrogen) atoms. The summed E-state index contributed by atoms with van der Waals surface area (Å²) < 4.78 is 1.94. The molecule has 126 valence electrons. The molecule has 0 aromatic carbocycles. The lowest BCUT2D eigenvalue weighted by molar-refractivity contribution is 0.263. The molecule has 0 spiro atoms. The van der Waals surface area contributed by atoms with Gasteiger partial charge in [0.1, 0.15) is 11.3 Å². The van der Waals surface area contributed by atoms with E-state index in [9.17, 15) is 0 Å². The molecule has 1 N–H and O–H groups in total. The number of imidazole rings is 1. The van der Waals surface area contributed by atoms with E-state index in [2.05, 4.69) is 39.9 Å². The Morgan fingerprint density at radius 1 is 1.21 bits per heavy atom. The minimum atomic E-state index is 0.00247. The van der Waals surface area contributed by atoms with Crippen molar-refractivity contribution < 1.29 is 0 Å². The molecule has 6 nitrogen and oxygen atoms in total. The standard InChI is InChI=1S/C18H24N6/c1-18(2,13-23-8-3-4-9-23)17-21-15-11-20-24(16(15)22-17)12-14-6-5-7-19-10-14/h5-7,10-11H,3-4,8-9,12-13H2,1-2H3,(H,21,22). The van der Waals surface area contributed by atoms with Gasteiger partial charge in [0, 0.05) is 24.4 Å². The summed E-state index contributed by atoms with van der Waals surface area (Å²) in [6, 6.07) is 4.01. The largest absolute Gasteiger partial charge is 0.339 e. The highest BCUT2D eigenvalue weighted by molar-refractivity contribution is 5.70. The molecule has 0 saturated carbocycles. The highest BCUT2D eigenvalue weighted by Crippen LogP contribution is 2.26. The fraction of sp³-hybridized carbons (Fsp3) is 0.500. The molecule has 1 saturated heterocycles. The van der Waals surface area contributed by atoms with Crippen molar-refractivity contribution in [1.82, 2.24) is 29.6 Å². The van der Waals surface area contributed by atoms with Crippen LogP contribution in [0.25, 0.3) is 11.2 Å². The monoisotopic (exact) mass is 324 g/mol. The Kier molecular flexibility index (Phi) is 3.84. The minimum Gasteiger partial charge on any atom is -0.339 e. The van der Waals surface area contributed by atoms with E-state index in [1.807, 2.05) is 23.1 Å². The van der Waals surface area contributed by atoms with E-state index < -0.39 is 0 Å². The van der Waals surface area contributed by atoms with Gasteiger partial charge in [-0.1, -0.05) is 19.9 Å². The van der Waals surface area contributed by atoms with Crippen LogP contribution < -0.4 is 0 Å². The minimum absolute atomic E-state index is 0.00247. The van der Waals surface area contributed by atoms with Gasteiger partial charge in [-0.05, 0) is 37.6 Å². The number of aromatic nitrogens is 5. The van der Waals surface area contributed by atoms with Crippen molar-refractivity contribution in [1.29, 1.82) is 0 Å². The number of rotatable bonds is 5. The van der Waals surface area contributed by atoms with Gasteiger partial charge in [-0.2, -0.15) is 5.10 Å². The summed E-state index contributed by atoms with van der Waals surface area (Å²) in [5.74, 6) is 1.04. The first-order valence-electron chi connectivity index (χ1n) is 8.65. The summed E-state index contributed by atoms with van der Waals surface area (Å²) >= 11 is 0. The van der Waals surface area contributed by atoms with Gasteiger partial charge in [-0.15, -0.1) is 0 Å². The average molecular weight is 324 g/mol. The summed E-state index contributed by atoms with van der Waals surface area (Å²) in [6.07, 6.45) is 8.16. The van der Waals surface area contributed by atoms with E-state index in [1.165, 1.54) is 25.9 Å². The highest BCUT2D eigenvalue weighted by atomic mass is 15.3. The van der Waals surface area contributed by atoms with E-state index in [0.29, 0.717) is 6.54 Å². The van der Waals surface area contributed by atoms with Gasteiger partial charge in [0.15, 0.2) is 5.65 Å². The molecule has 4 heterocycles. The van der Waals surface area contributed by atoms with E-state index in [1.54, 1.807) is 6.20 Å². The first kappa shape index (κ1) is 15.3. The zero-order chi connectivity index (χ0) is 16.6. The van der Waals surface area contributed by atoms with Crippen LogP contribution in [0.1, 0.15) is 38.1 Å². The number of nitrogens with zero attached hydrogens (tertiary/aromatic N) is 5. The van der Waals surface area contributed by atoms with Crippen LogP contribution in [-0.2, 0) is 12.0 Å². The van der Waals surface area contributed by atoms with Crippen LogP contribution in [0.2, 0.25) is 0 Å². The van der Waals surface area contributed by atoms with Crippen LogP contribution in [-0.4, -0.2) is 49.3 Å². The van der Waals surface area contributed by atoms with Gasteiger partial charge in [0.2, 0.25) is 0 Å². The fourth-order valence-electron chi connectivity index (χ4n) is 3.52. The van der Waals surface area contributed by atoms with Crippen LogP contribution in [0.5, 0.6) is 0 Å². The first-order chi connectivity index (χ1) is 11.6. The Hall–Kier alpha value is -2.21. The van der Waals surface area contributed by atoms with Crippen molar-refractivity contribution in [2.24, 2.45) is 0 Å².